The van der Waals surface area contributed by atoms with Crippen LogP contribution in [0.4, 0.5) is 0 Å². The monoisotopic (exact) mass is 193 g/mol. The molecule has 0 bridgehead atoms. The summed E-state index contributed by atoms with van der Waals surface area (Å²) < 4.78 is 1.89. The summed E-state index contributed by atoms with van der Waals surface area (Å²) in [6.45, 7) is 0. The van der Waals surface area contributed by atoms with Crippen LogP contribution in [-0.4, -0.2) is 14.5 Å². The third kappa shape index (κ3) is 1.70. The first-order valence-corrected chi connectivity index (χ1v) is 4.43. The van der Waals surface area contributed by atoms with Gasteiger partial charge in [0.2, 0.25) is 0 Å². The summed E-state index contributed by atoms with van der Waals surface area (Å²) in [6.07, 6.45) is 7.14. The van der Waals surface area contributed by atoms with Crippen molar-refractivity contribution in [2.24, 2.45) is 0 Å². The van der Waals surface area contributed by atoms with Crippen LogP contribution in [0.3, 0.4) is 0 Å². The SMILES string of the molecule is ClCc1cn(-c2cccnc2)cn1. The molecule has 3 nitrogen and oxygen atoms in total. The zero-order valence-corrected chi connectivity index (χ0v) is 7.65. The van der Waals surface area contributed by atoms with Crippen LogP contribution in [0.2, 0.25) is 0 Å². The van der Waals surface area contributed by atoms with E-state index in [9.17, 15) is 0 Å². The number of hydrogen-bond donors (Lipinski definition) is 0. The van der Waals surface area contributed by atoms with E-state index in [1.165, 1.54) is 0 Å². The Morgan fingerprint density at radius 3 is 3.00 bits per heavy atom. The molecular weight excluding hydrogens is 186 g/mol. The lowest BCUT2D eigenvalue weighted by molar-refractivity contribution is 1.04. The molecular formula is C9H8ClN3. The number of halogens is 1. The van der Waals surface area contributed by atoms with E-state index in [4.69, 9.17) is 11.6 Å². The second-order valence-electron chi connectivity index (χ2n) is 2.62. The lowest BCUT2D eigenvalue weighted by Crippen LogP contribution is -1.89. The molecule has 0 atom stereocenters. The van der Waals surface area contributed by atoms with Crippen molar-refractivity contribution in [3.05, 3.63) is 42.7 Å². The van der Waals surface area contributed by atoms with Gasteiger partial charge < -0.3 is 4.57 Å². The van der Waals surface area contributed by atoms with E-state index in [1.807, 2.05) is 22.9 Å². The van der Waals surface area contributed by atoms with Gasteiger partial charge >= 0.3 is 0 Å². The van der Waals surface area contributed by atoms with E-state index in [2.05, 4.69) is 9.97 Å². The molecule has 0 amide bonds. The highest BCUT2D eigenvalue weighted by Gasteiger charge is 1.98. The van der Waals surface area contributed by atoms with Gasteiger partial charge in [0.25, 0.3) is 0 Å². The molecule has 0 unspecified atom stereocenters. The Morgan fingerprint density at radius 1 is 1.46 bits per heavy atom. The second kappa shape index (κ2) is 3.58. The Labute approximate surface area is 81.0 Å². The minimum absolute atomic E-state index is 0.438. The largest absolute Gasteiger partial charge is 0.304 e. The molecule has 4 heteroatoms. The third-order valence-electron chi connectivity index (χ3n) is 1.72. The maximum Gasteiger partial charge on any atom is 0.0996 e. The molecule has 66 valence electrons. The summed E-state index contributed by atoms with van der Waals surface area (Å²) in [5, 5.41) is 0. The lowest BCUT2D eigenvalue weighted by Gasteiger charge is -1.98. The fraction of sp³-hybridized carbons (Fsp3) is 0.111. The lowest BCUT2D eigenvalue weighted by atomic mass is 10.4. The Kier molecular flexibility index (Phi) is 2.27. The van der Waals surface area contributed by atoms with Crippen LogP contribution >= 0.6 is 11.6 Å². The van der Waals surface area contributed by atoms with Gasteiger partial charge in [-0.1, -0.05) is 0 Å². The normalized spacial score (nSPS) is 10.2. The highest BCUT2D eigenvalue weighted by atomic mass is 35.5. The Morgan fingerprint density at radius 2 is 2.38 bits per heavy atom. The fourth-order valence-corrected chi connectivity index (χ4v) is 1.22. The maximum atomic E-state index is 5.64. The first-order valence-electron chi connectivity index (χ1n) is 3.89. The molecule has 0 aliphatic carbocycles. The average Bonchev–Trinajstić information content (AvgIpc) is 2.67. The van der Waals surface area contributed by atoms with Crippen molar-refractivity contribution in [1.82, 2.24) is 14.5 Å². The number of hydrogen-bond acceptors (Lipinski definition) is 2. The van der Waals surface area contributed by atoms with Crippen LogP contribution in [0.25, 0.3) is 5.69 Å². The Bertz CT molecular complexity index is 383. The molecule has 0 N–H and O–H groups in total. The van der Waals surface area contributed by atoms with E-state index in [1.54, 1.807) is 18.7 Å². The van der Waals surface area contributed by atoms with Crippen LogP contribution in [0, 0.1) is 0 Å². The van der Waals surface area contributed by atoms with Crippen molar-refractivity contribution >= 4 is 11.6 Å². The van der Waals surface area contributed by atoms with E-state index < -0.39 is 0 Å². The van der Waals surface area contributed by atoms with Crippen LogP contribution in [0.1, 0.15) is 5.69 Å². The molecule has 2 rings (SSSR count). The standard InChI is InChI=1S/C9H8ClN3/c10-4-8-6-13(7-12-8)9-2-1-3-11-5-9/h1-3,5-7H,4H2. The molecule has 0 aliphatic rings. The zero-order chi connectivity index (χ0) is 9.10. The second-order valence-corrected chi connectivity index (χ2v) is 2.88. The predicted molar refractivity (Wildman–Crippen MR) is 50.9 cm³/mol. The molecule has 2 aromatic rings. The van der Waals surface area contributed by atoms with Crippen molar-refractivity contribution in [2.45, 2.75) is 5.88 Å². The van der Waals surface area contributed by atoms with Crippen molar-refractivity contribution in [3.8, 4) is 5.69 Å². The minimum Gasteiger partial charge on any atom is -0.304 e. The fourth-order valence-electron chi connectivity index (χ4n) is 1.08. The zero-order valence-electron chi connectivity index (χ0n) is 6.89. The van der Waals surface area contributed by atoms with E-state index in [0.717, 1.165) is 11.4 Å². The smallest absolute Gasteiger partial charge is 0.0996 e. The molecule has 0 saturated heterocycles. The molecule has 0 saturated carbocycles. The van der Waals surface area contributed by atoms with Gasteiger partial charge in [-0.15, -0.1) is 11.6 Å². The number of aromatic nitrogens is 3. The van der Waals surface area contributed by atoms with Gasteiger partial charge in [0, 0.05) is 12.4 Å². The van der Waals surface area contributed by atoms with Gasteiger partial charge in [-0.3, -0.25) is 4.98 Å². The van der Waals surface area contributed by atoms with E-state index >= 15 is 0 Å². The van der Waals surface area contributed by atoms with Crippen LogP contribution in [-0.2, 0) is 5.88 Å². The third-order valence-corrected chi connectivity index (χ3v) is 1.99. The molecule has 0 aromatic carbocycles. The topological polar surface area (TPSA) is 30.7 Å². The molecule has 0 fully saturated rings. The molecule has 0 aliphatic heterocycles. The van der Waals surface area contributed by atoms with Gasteiger partial charge in [0.15, 0.2) is 0 Å². The average molecular weight is 194 g/mol. The number of rotatable bonds is 2. The summed E-state index contributed by atoms with van der Waals surface area (Å²) in [5.74, 6) is 0.438. The molecule has 2 aromatic heterocycles. The highest BCUT2D eigenvalue weighted by Crippen LogP contribution is 2.07. The number of nitrogens with zero attached hydrogens (tertiary/aromatic N) is 3. The molecule has 0 spiro atoms. The summed E-state index contributed by atoms with van der Waals surface area (Å²) in [5.41, 5.74) is 1.86. The summed E-state index contributed by atoms with van der Waals surface area (Å²) in [6, 6.07) is 3.85. The quantitative estimate of drug-likeness (QED) is 0.684. The van der Waals surface area contributed by atoms with Crippen LogP contribution in [0.5, 0.6) is 0 Å². The van der Waals surface area contributed by atoms with Gasteiger partial charge in [-0.2, -0.15) is 0 Å². The summed E-state index contributed by atoms with van der Waals surface area (Å²) in [7, 11) is 0. The molecule has 13 heavy (non-hydrogen) atoms. The van der Waals surface area contributed by atoms with Gasteiger partial charge in [0.1, 0.15) is 0 Å². The molecule has 2 heterocycles. The van der Waals surface area contributed by atoms with Gasteiger partial charge in [0.05, 0.1) is 29.8 Å². The van der Waals surface area contributed by atoms with Crippen molar-refractivity contribution in [2.75, 3.05) is 0 Å². The van der Waals surface area contributed by atoms with Crippen molar-refractivity contribution in [3.63, 3.8) is 0 Å². The predicted octanol–water partition coefficient (Wildman–Crippen LogP) is 2.01. The summed E-state index contributed by atoms with van der Waals surface area (Å²) >= 11 is 5.64. The first kappa shape index (κ1) is 8.26. The van der Waals surface area contributed by atoms with Crippen molar-refractivity contribution < 1.29 is 0 Å². The number of imidazole rings is 1. The minimum atomic E-state index is 0.438. The summed E-state index contributed by atoms with van der Waals surface area (Å²) in [4.78, 5) is 8.13. The first-order chi connectivity index (χ1) is 6.40. The van der Waals surface area contributed by atoms with Gasteiger partial charge in [-0.25, -0.2) is 4.98 Å². The maximum absolute atomic E-state index is 5.64. The number of pyridine rings is 1. The van der Waals surface area contributed by atoms with E-state index in [-0.39, 0.29) is 0 Å². The van der Waals surface area contributed by atoms with E-state index in [0.29, 0.717) is 5.88 Å². The Balaban J connectivity index is 2.36. The van der Waals surface area contributed by atoms with Crippen molar-refractivity contribution in [1.29, 1.82) is 0 Å². The highest BCUT2D eigenvalue weighted by molar-refractivity contribution is 6.16. The van der Waals surface area contributed by atoms with Gasteiger partial charge in [-0.05, 0) is 12.1 Å². The number of alkyl halides is 1. The van der Waals surface area contributed by atoms with Crippen LogP contribution in [0.15, 0.2) is 37.1 Å². The Hall–Kier alpha value is -1.35. The van der Waals surface area contributed by atoms with Crippen LogP contribution < -0.4 is 0 Å². The molecule has 0 radical (unpaired) electrons.